The highest BCUT2D eigenvalue weighted by Crippen LogP contribution is 2.33. The van der Waals surface area contributed by atoms with Crippen molar-refractivity contribution in [1.82, 2.24) is 0 Å². The maximum absolute atomic E-state index is 12.7. The number of Topliss-reactive ketones (excluding diaryl/α,β-unsaturated/α-hetero) is 1. The van der Waals surface area contributed by atoms with Gasteiger partial charge in [-0.15, -0.1) is 0 Å². The second-order valence-electron chi connectivity index (χ2n) is 3.16. The molecule has 0 N–H and O–H groups in total. The number of carbonyl (C=O) groups is 1. The molecule has 0 aliphatic rings. The Morgan fingerprint density at radius 3 is 2.56 bits per heavy atom. The van der Waals surface area contributed by atoms with Gasteiger partial charge in [0.15, 0.2) is 5.78 Å². The molecule has 0 amide bonds. The Morgan fingerprint density at radius 2 is 2.12 bits per heavy atom. The molecule has 5 heteroatoms. The van der Waals surface area contributed by atoms with Crippen molar-refractivity contribution in [2.45, 2.75) is 20.3 Å². The maximum atomic E-state index is 12.7. The predicted molar refractivity (Wildman–Crippen MR) is 57.6 cm³/mol. The topological polar surface area (TPSA) is 26.3 Å². The number of hydrogen-bond donors (Lipinski definition) is 0. The minimum atomic E-state index is -2.73. The smallest absolute Gasteiger partial charge is 0.264 e. The Kier molecular flexibility index (Phi) is 4.24. The van der Waals surface area contributed by atoms with Crippen molar-refractivity contribution in [3.63, 3.8) is 0 Å². The van der Waals surface area contributed by atoms with Crippen molar-refractivity contribution in [2.75, 3.05) is 6.61 Å². The van der Waals surface area contributed by atoms with Crippen LogP contribution in [0.1, 0.15) is 36.2 Å². The Bertz CT molecular complexity index is 405. The standard InChI is InChI=1S/C11H11ClF2O2/c1-3-16-10-5-8(11(13)14)7(6(2)15)4-9(10)12/h4-5,11H,3H2,1-2H3. The molecule has 1 aromatic carbocycles. The first kappa shape index (κ1) is 12.9. The van der Waals surface area contributed by atoms with E-state index >= 15 is 0 Å². The van der Waals surface area contributed by atoms with Gasteiger partial charge in [-0.05, 0) is 26.0 Å². The minimum absolute atomic E-state index is 0.0662. The summed E-state index contributed by atoms with van der Waals surface area (Å²) in [5, 5.41) is 0.163. The molecule has 0 fully saturated rings. The van der Waals surface area contributed by atoms with E-state index in [1.54, 1.807) is 6.92 Å². The van der Waals surface area contributed by atoms with Gasteiger partial charge in [0.2, 0.25) is 0 Å². The van der Waals surface area contributed by atoms with E-state index in [2.05, 4.69) is 0 Å². The summed E-state index contributed by atoms with van der Waals surface area (Å²) in [5.41, 5.74) is -0.413. The van der Waals surface area contributed by atoms with Crippen LogP contribution in [0.2, 0.25) is 5.02 Å². The zero-order valence-electron chi connectivity index (χ0n) is 8.89. The van der Waals surface area contributed by atoms with Gasteiger partial charge >= 0.3 is 0 Å². The summed E-state index contributed by atoms with van der Waals surface area (Å²) >= 11 is 5.81. The lowest BCUT2D eigenvalue weighted by Crippen LogP contribution is -2.02. The van der Waals surface area contributed by atoms with Gasteiger partial charge in [-0.3, -0.25) is 4.79 Å². The van der Waals surface area contributed by atoms with Gasteiger partial charge in [0.25, 0.3) is 6.43 Å². The summed E-state index contributed by atoms with van der Waals surface area (Å²) in [6.07, 6.45) is -2.73. The summed E-state index contributed by atoms with van der Waals surface area (Å²) in [4.78, 5) is 11.2. The van der Waals surface area contributed by atoms with Crippen molar-refractivity contribution in [3.8, 4) is 5.75 Å². The number of ketones is 1. The average molecular weight is 249 g/mol. The number of carbonyl (C=O) groups excluding carboxylic acids is 1. The molecule has 0 aliphatic carbocycles. The fourth-order valence-corrected chi connectivity index (χ4v) is 1.54. The highest BCUT2D eigenvalue weighted by molar-refractivity contribution is 6.32. The lowest BCUT2D eigenvalue weighted by Gasteiger charge is -2.11. The molecular weight excluding hydrogens is 238 g/mol. The van der Waals surface area contributed by atoms with E-state index in [-0.39, 0.29) is 21.9 Å². The van der Waals surface area contributed by atoms with Crippen LogP contribution in [0, 0.1) is 0 Å². The van der Waals surface area contributed by atoms with Crippen molar-refractivity contribution in [1.29, 1.82) is 0 Å². The highest BCUT2D eigenvalue weighted by Gasteiger charge is 2.19. The quantitative estimate of drug-likeness (QED) is 0.756. The van der Waals surface area contributed by atoms with E-state index < -0.39 is 12.2 Å². The summed E-state index contributed by atoms with van der Waals surface area (Å²) in [5.74, 6) is -0.273. The molecule has 2 nitrogen and oxygen atoms in total. The molecule has 0 atom stereocenters. The molecule has 88 valence electrons. The van der Waals surface area contributed by atoms with E-state index in [9.17, 15) is 13.6 Å². The minimum Gasteiger partial charge on any atom is -0.492 e. The second kappa shape index (κ2) is 5.25. The Labute approximate surface area is 97.2 Å². The van der Waals surface area contributed by atoms with Gasteiger partial charge in [-0.25, -0.2) is 8.78 Å². The number of halogens is 3. The number of benzene rings is 1. The zero-order valence-corrected chi connectivity index (χ0v) is 9.65. The van der Waals surface area contributed by atoms with Crippen LogP contribution in [0.15, 0.2) is 12.1 Å². The fourth-order valence-electron chi connectivity index (χ4n) is 1.32. The second-order valence-corrected chi connectivity index (χ2v) is 3.57. The molecule has 0 unspecified atom stereocenters. The van der Waals surface area contributed by atoms with Crippen LogP contribution < -0.4 is 4.74 Å². The van der Waals surface area contributed by atoms with Crippen molar-refractivity contribution < 1.29 is 18.3 Å². The van der Waals surface area contributed by atoms with Crippen molar-refractivity contribution in [3.05, 3.63) is 28.3 Å². The Balaban J connectivity index is 3.31. The lowest BCUT2D eigenvalue weighted by molar-refractivity contribution is 0.0998. The third kappa shape index (κ3) is 2.70. The SMILES string of the molecule is CCOc1cc(C(F)F)c(C(C)=O)cc1Cl. The summed E-state index contributed by atoms with van der Waals surface area (Å²) in [7, 11) is 0. The van der Waals surface area contributed by atoms with E-state index in [0.717, 1.165) is 6.07 Å². The molecule has 0 aliphatic heterocycles. The van der Waals surface area contributed by atoms with Crippen LogP contribution in [0.5, 0.6) is 5.75 Å². The number of ether oxygens (including phenoxy) is 1. The van der Waals surface area contributed by atoms with Crippen LogP contribution >= 0.6 is 11.6 Å². The van der Waals surface area contributed by atoms with Crippen LogP contribution in [-0.4, -0.2) is 12.4 Å². The average Bonchev–Trinajstić information content (AvgIpc) is 2.20. The Morgan fingerprint density at radius 1 is 1.50 bits per heavy atom. The van der Waals surface area contributed by atoms with Gasteiger partial charge in [0.05, 0.1) is 11.6 Å². The maximum Gasteiger partial charge on any atom is 0.264 e. The first-order valence-corrected chi connectivity index (χ1v) is 5.10. The van der Waals surface area contributed by atoms with E-state index in [0.29, 0.717) is 6.61 Å². The molecule has 1 rings (SSSR count). The normalized spacial score (nSPS) is 10.6. The monoisotopic (exact) mass is 248 g/mol. The van der Waals surface area contributed by atoms with Gasteiger partial charge < -0.3 is 4.74 Å². The number of rotatable bonds is 4. The summed E-state index contributed by atoms with van der Waals surface area (Å²) in [6.45, 7) is 3.26. The zero-order chi connectivity index (χ0) is 12.3. The fraction of sp³-hybridized carbons (Fsp3) is 0.364. The van der Waals surface area contributed by atoms with E-state index in [4.69, 9.17) is 16.3 Å². The number of alkyl halides is 2. The molecule has 0 aromatic heterocycles. The van der Waals surface area contributed by atoms with Gasteiger partial charge in [-0.1, -0.05) is 11.6 Å². The van der Waals surface area contributed by atoms with Crippen LogP contribution in [0.3, 0.4) is 0 Å². The highest BCUT2D eigenvalue weighted by atomic mass is 35.5. The summed E-state index contributed by atoms with van der Waals surface area (Å²) in [6, 6.07) is 2.34. The third-order valence-electron chi connectivity index (χ3n) is 2.02. The van der Waals surface area contributed by atoms with Crippen LogP contribution in [-0.2, 0) is 0 Å². The van der Waals surface area contributed by atoms with E-state index in [1.165, 1.54) is 13.0 Å². The van der Waals surface area contributed by atoms with Gasteiger partial charge in [0, 0.05) is 11.1 Å². The van der Waals surface area contributed by atoms with Crippen molar-refractivity contribution >= 4 is 17.4 Å². The first-order valence-electron chi connectivity index (χ1n) is 4.72. The van der Waals surface area contributed by atoms with Gasteiger partial charge in [0.1, 0.15) is 5.75 Å². The molecule has 0 spiro atoms. The molecule has 0 heterocycles. The van der Waals surface area contributed by atoms with Crippen LogP contribution in [0.25, 0.3) is 0 Å². The largest absolute Gasteiger partial charge is 0.492 e. The Hall–Kier alpha value is -1.16. The van der Waals surface area contributed by atoms with Crippen LogP contribution in [0.4, 0.5) is 8.78 Å². The molecule has 16 heavy (non-hydrogen) atoms. The first-order chi connectivity index (χ1) is 7.47. The lowest BCUT2D eigenvalue weighted by atomic mass is 10.0. The van der Waals surface area contributed by atoms with Crippen molar-refractivity contribution in [2.24, 2.45) is 0 Å². The summed E-state index contributed by atoms with van der Waals surface area (Å²) < 4.78 is 30.5. The predicted octanol–water partition coefficient (Wildman–Crippen LogP) is 3.88. The third-order valence-corrected chi connectivity index (χ3v) is 2.31. The molecular formula is C11H11ClF2O2. The molecule has 0 radical (unpaired) electrons. The van der Waals surface area contributed by atoms with E-state index in [1.807, 2.05) is 0 Å². The molecule has 1 aromatic rings. The number of hydrogen-bond acceptors (Lipinski definition) is 2. The molecule has 0 bridgehead atoms. The van der Waals surface area contributed by atoms with Gasteiger partial charge in [-0.2, -0.15) is 0 Å². The molecule has 0 saturated carbocycles. The molecule has 0 saturated heterocycles.